The van der Waals surface area contributed by atoms with Gasteiger partial charge in [0.2, 0.25) is 0 Å². The van der Waals surface area contributed by atoms with E-state index in [0.29, 0.717) is 12.0 Å². The fourth-order valence-electron chi connectivity index (χ4n) is 2.30. The summed E-state index contributed by atoms with van der Waals surface area (Å²) in [7, 11) is 2.10. The highest BCUT2D eigenvalue weighted by atomic mass is 19.1. The molecule has 0 heterocycles. The second-order valence-corrected chi connectivity index (χ2v) is 5.82. The Balaban J connectivity index is 2.07. The standard InChI is InChI=1S/C16H25FN2/c1-4-12(2)11-19(3)16-8-5-14(17)9-13(16)10-18-15-6-7-15/h5,8-9,12,15,18H,4,6-7,10-11H2,1-3H3. The minimum absolute atomic E-state index is 0.145. The molecule has 2 nitrogen and oxygen atoms in total. The van der Waals surface area contributed by atoms with Crippen LogP contribution in [-0.2, 0) is 6.54 Å². The van der Waals surface area contributed by atoms with Gasteiger partial charge >= 0.3 is 0 Å². The summed E-state index contributed by atoms with van der Waals surface area (Å²) in [5.41, 5.74) is 2.22. The van der Waals surface area contributed by atoms with Crippen molar-refractivity contribution in [3.8, 4) is 0 Å². The number of hydrogen-bond donors (Lipinski definition) is 1. The molecule has 1 aromatic rings. The van der Waals surface area contributed by atoms with Gasteiger partial charge in [-0.05, 0) is 42.5 Å². The largest absolute Gasteiger partial charge is 0.374 e. The quantitative estimate of drug-likeness (QED) is 0.810. The summed E-state index contributed by atoms with van der Waals surface area (Å²) >= 11 is 0. The van der Waals surface area contributed by atoms with Crippen LogP contribution in [0.1, 0.15) is 38.7 Å². The first-order valence-electron chi connectivity index (χ1n) is 7.33. The second kappa shape index (κ2) is 6.38. The van der Waals surface area contributed by atoms with Crippen LogP contribution in [0.15, 0.2) is 18.2 Å². The molecule has 2 rings (SSSR count). The number of rotatable bonds is 7. The third kappa shape index (κ3) is 4.20. The lowest BCUT2D eigenvalue weighted by atomic mass is 10.1. The van der Waals surface area contributed by atoms with Crippen molar-refractivity contribution < 1.29 is 4.39 Å². The maximum absolute atomic E-state index is 13.4. The summed E-state index contributed by atoms with van der Waals surface area (Å²) in [5.74, 6) is 0.507. The maximum Gasteiger partial charge on any atom is 0.123 e. The van der Waals surface area contributed by atoms with Gasteiger partial charge < -0.3 is 10.2 Å². The Morgan fingerprint density at radius 1 is 1.42 bits per heavy atom. The van der Waals surface area contributed by atoms with E-state index in [9.17, 15) is 4.39 Å². The van der Waals surface area contributed by atoms with Gasteiger partial charge in [-0.3, -0.25) is 0 Å². The Morgan fingerprint density at radius 2 is 2.16 bits per heavy atom. The SMILES string of the molecule is CCC(C)CN(C)c1ccc(F)cc1CNC1CC1. The molecule has 0 saturated heterocycles. The van der Waals surface area contributed by atoms with Crippen LogP contribution in [0, 0.1) is 11.7 Å². The summed E-state index contributed by atoms with van der Waals surface area (Å²) in [6.07, 6.45) is 3.68. The van der Waals surface area contributed by atoms with Crippen molar-refractivity contribution in [2.45, 2.75) is 45.7 Å². The first kappa shape index (κ1) is 14.3. The van der Waals surface area contributed by atoms with Crippen molar-refractivity contribution >= 4 is 5.69 Å². The number of nitrogens with zero attached hydrogens (tertiary/aromatic N) is 1. The molecular formula is C16H25FN2. The Labute approximate surface area is 116 Å². The minimum Gasteiger partial charge on any atom is -0.374 e. The van der Waals surface area contributed by atoms with Crippen LogP contribution < -0.4 is 10.2 Å². The summed E-state index contributed by atoms with van der Waals surface area (Å²) in [6.45, 7) is 6.24. The van der Waals surface area contributed by atoms with Gasteiger partial charge in [-0.15, -0.1) is 0 Å². The molecule has 1 unspecified atom stereocenters. The second-order valence-electron chi connectivity index (χ2n) is 5.82. The fraction of sp³-hybridized carbons (Fsp3) is 0.625. The van der Waals surface area contributed by atoms with E-state index in [0.717, 1.165) is 24.3 Å². The molecule has 1 aromatic carbocycles. The highest BCUT2D eigenvalue weighted by Gasteiger charge is 2.21. The molecule has 19 heavy (non-hydrogen) atoms. The molecule has 0 radical (unpaired) electrons. The Morgan fingerprint density at radius 3 is 2.79 bits per heavy atom. The van der Waals surface area contributed by atoms with Gasteiger partial charge in [0.25, 0.3) is 0 Å². The van der Waals surface area contributed by atoms with Gasteiger partial charge in [0.15, 0.2) is 0 Å². The van der Waals surface area contributed by atoms with Crippen LogP contribution in [0.5, 0.6) is 0 Å². The molecule has 1 atom stereocenters. The molecular weight excluding hydrogens is 239 g/mol. The zero-order valence-electron chi connectivity index (χ0n) is 12.2. The van der Waals surface area contributed by atoms with Crippen molar-refractivity contribution in [3.05, 3.63) is 29.6 Å². The predicted molar refractivity (Wildman–Crippen MR) is 79.0 cm³/mol. The summed E-state index contributed by atoms with van der Waals surface area (Å²) < 4.78 is 13.4. The first-order chi connectivity index (χ1) is 9.10. The molecule has 1 N–H and O–H groups in total. The number of halogens is 1. The van der Waals surface area contributed by atoms with Crippen LogP contribution in [0.4, 0.5) is 10.1 Å². The van der Waals surface area contributed by atoms with Gasteiger partial charge in [-0.1, -0.05) is 20.3 Å². The molecule has 106 valence electrons. The average molecular weight is 264 g/mol. The van der Waals surface area contributed by atoms with Crippen LogP contribution in [-0.4, -0.2) is 19.6 Å². The van der Waals surface area contributed by atoms with Crippen LogP contribution in [0.2, 0.25) is 0 Å². The number of hydrogen-bond acceptors (Lipinski definition) is 2. The third-order valence-corrected chi connectivity index (χ3v) is 3.89. The van der Waals surface area contributed by atoms with E-state index in [1.165, 1.54) is 19.3 Å². The number of benzene rings is 1. The zero-order valence-corrected chi connectivity index (χ0v) is 12.2. The molecule has 1 fully saturated rings. The molecule has 0 aromatic heterocycles. The van der Waals surface area contributed by atoms with Crippen LogP contribution in [0.3, 0.4) is 0 Å². The van der Waals surface area contributed by atoms with Crippen LogP contribution >= 0.6 is 0 Å². The summed E-state index contributed by atoms with van der Waals surface area (Å²) in [4.78, 5) is 2.25. The monoisotopic (exact) mass is 264 g/mol. The Kier molecular flexibility index (Phi) is 4.81. The maximum atomic E-state index is 13.4. The van der Waals surface area contributed by atoms with Crippen molar-refractivity contribution in [1.82, 2.24) is 5.32 Å². The smallest absolute Gasteiger partial charge is 0.123 e. The van der Waals surface area contributed by atoms with Crippen LogP contribution in [0.25, 0.3) is 0 Å². The van der Waals surface area contributed by atoms with Crippen molar-refractivity contribution in [2.24, 2.45) is 5.92 Å². The van der Waals surface area contributed by atoms with Crippen molar-refractivity contribution in [2.75, 3.05) is 18.5 Å². The Hall–Kier alpha value is -1.09. The van der Waals surface area contributed by atoms with E-state index in [4.69, 9.17) is 0 Å². The minimum atomic E-state index is -0.145. The molecule has 0 aliphatic heterocycles. The van der Waals surface area contributed by atoms with E-state index in [2.05, 4.69) is 31.1 Å². The van der Waals surface area contributed by atoms with E-state index < -0.39 is 0 Å². The van der Waals surface area contributed by atoms with E-state index >= 15 is 0 Å². The Bertz CT molecular complexity index is 415. The van der Waals surface area contributed by atoms with Crippen molar-refractivity contribution in [1.29, 1.82) is 0 Å². The molecule has 1 aliphatic rings. The summed E-state index contributed by atoms with van der Waals surface area (Å²) in [6, 6.07) is 5.78. The van der Waals surface area contributed by atoms with Gasteiger partial charge in [0, 0.05) is 31.9 Å². The van der Waals surface area contributed by atoms with Gasteiger partial charge in [-0.25, -0.2) is 4.39 Å². The molecule has 0 bridgehead atoms. The summed E-state index contributed by atoms with van der Waals surface area (Å²) in [5, 5.41) is 3.47. The van der Waals surface area contributed by atoms with Gasteiger partial charge in [-0.2, -0.15) is 0 Å². The molecule has 1 aliphatic carbocycles. The van der Waals surface area contributed by atoms with E-state index in [1.54, 1.807) is 12.1 Å². The van der Waals surface area contributed by atoms with E-state index in [-0.39, 0.29) is 5.82 Å². The van der Waals surface area contributed by atoms with E-state index in [1.807, 2.05) is 6.07 Å². The number of nitrogens with one attached hydrogen (secondary N) is 1. The lowest BCUT2D eigenvalue weighted by molar-refractivity contribution is 0.557. The fourth-order valence-corrected chi connectivity index (χ4v) is 2.30. The number of anilines is 1. The highest BCUT2D eigenvalue weighted by Crippen LogP contribution is 2.24. The molecule has 0 amide bonds. The first-order valence-corrected chi connectivity index (χ1v) is 7.33. The predicted octanol–water partition coefficient (Wildman–Crippen LogP) is 3.56. The van der Waals surface area contributed by atoms with Gasteiger partial charge in [0.05, 0.1) is 0 Å². The molecule has 1 saturated carbocycles. The molecule has 3 heteroatoms. The lowest BCUT2D eigenvalue weighted by Gasteiger charge is -2.25. The third-order valence-electron chi connectivity index (χ3n) is 3.89. The van der Waals surface area contributed by atoms with Gasteiger partial charge in [0.1, 0.15) is 5.82 Å². The lowest BCUT2D eigenvalue weighted by Crippen LogP contribution is -2.26. The highest BCUT2D eigenvalue weighted by molar-refractivity contribution is 5.53. The normalized spacial score (nSPS) is 16.4. The molecule has 0 spiro atoms. The zero-order chi connectivity index (χ0) is 13.8. The average Bonchev–Trinajstić information content (AvgIpc) is 3.20. The van der Waals surface area contributed by atoms with Crippen molar-refractivity contribution in [3.63, 3.8) is 0 Å². The topological polar surface area (TPSA) is 15.3 Å².